The third kappa shape index (κ3) is 8.75. The Morgan fingerprint density at radius 2 is 1.86 bits per heavy atom. The van der Waals surface area contributed by atoms with E-state index in [4.69, 9.17) is 0 Å². The molecule has 0 amide bonds. The topological polar surface area (TPSA) is 24.4 Å². The van der Waals surface area contributed by atoms with Crippen molar-refractivity contribution in [1.82, 2.24) is 5.32 Å². The predicted molar refractivity (Wildman–Crippen MR) is 65.2 cm³/mol. The molecule has 2 radical (unpaired) electrons. The molecule has 1 N–H and O–H groups in total. The molecule has 0 aromatic carbocycles. The summed E-state index contributed by atoms with van der Waals surface area (Å²) in [4.78, 5) is 4.36. The number of aliphatic imine (C=N–C) groups is 1. The van der Waals surface area contributed by atoms with Gasteiger partial charge in [-0.1, -0.05) is 32.6 Å². The Bertz CT molecular complexity index is 149. The van der Waals surface area contributed by atoms with Gasteiger partial charge in [0.05, 0.1) is 12.4 Å². The van der Waals surface area contributed by atoms with Crippen LogP contribution in [-0.2, 0) is 0 Å². The van der Waals surface area contributed by atoms with Crippen LogP contribution < -0.4 is 5.32 Å². The number of amidine groups is 1. The zero-order valence-corrected chi connectivity index (χ0v) is 14.1. The molecule has 1 heterocycles. The van der Waals surface area contributed by atoms with Crippen molar-refractivity contribution in [1.29, 1.82) is 0 Å². The second kappa shape index (κ2) is 12.5. The Morgan fingerprint density at radius 3 is 2.43 bits per heavy atom. The Labute approximate surface area is 132 Å². The number of rotatable bonds is 6. The molecule has 2 nitrogen and oxygen atoms in total. The van der Waals surface area contributed by atoms with Crippen LogP contribution >= 0.6 is 0 Å². The van der Waals surface area contributed by atoms with Crippen LogP contribution in [0.4, 0.5) is 0 Å². The van der Waals surface area contributed by atoms with E-state index in [-0.39, 0.29) is 59.1 Å². The maximum atomic E-state index is 4.36. The van der Waals surface area contributed by atoms with Gasteiger partial charge in [0, 0.05) is 72.1 Å². The number of hydrogen-bond donors (Lipinski definition) is 1. The van der Waals surface area contributed by atoms with E-state index >= 15 is 0 Å². The van der Waals surface area contributed by atoms with Crippen LogP contribution in [0.15, 0.2) is 4.99 Å². The predicted octanol–water partition coefficient (Wildman–Crippen LogP) is 1.59. The zero-order chi connectivity index (χ0) is 8.65. The van der Waals surface area contributed by atoms with Crippen molar-refractivity contribution in [2.24, 2.45) is 4.99 Å². The zero-order valence-electron chi connectivity index (χ0n) is 10.1. The van der Waals surface area contributed by atoms with Crippen LogP contribution in [-0.4, -0.2) is 78.0 Å². The van der Waals surface area contributed by atoms with E-state index in [0.717, 1.165) is 13.1 Å². The molecule has 0 aromatic heterocycles. The van der Waals surface area contributed by atoms with Gasteiger partial charge in [-0.05, 0) is 6.42 Å². The van der Waals surface area contributed by atoms with Crippen LogP contribution in [0, 0.1) is 0 Å². The van der Waals surface area contributed by atoms with Crippen LogP contribution in [0.5, 0.6) is 0 Å². The van der Waals surface area contributed by atoms with Gasteiger partial charge in [0.2, 0.25) is 0 Å². The SMILES string of the molecule is CCCCCCCC1=NCCN1.[Na].[Na]. The van der Waals surface area contributed by atoms with Crippen LogP contribution in [0.2, 0.25) is 0 Å². The summed E-state index contributed by atoms with van der Waals surface area (Å²) in [6, 6.07) is 0. The molecule has 0 bridgehead atoms. The van der Waals surface area contributed by atoms with Gasteiger partial charge in [0.15, 0.2) is 0 Å². The van der Waals surface area contributed by atoms with Gasteiger partial charge in [-0.3, -0.25) is 4.99 Å². The number of hydrogen-bond acceptors (Lipinski definition) is 2. The van der Waals surface area contributed by atoms with E-state index in [9.17, 15) is 0 Å². The third-order valence-electron chi connectivity index (χ3n) is 2.26. The maximum absolute atomic E-state index is 4.36. The molecule has 0 aromatic rings. The summed E-state index contributed by atoms with van der Waals surface area (Å²) in [6.07, 6.45) is 7.97. The maximum Gasteiger partial charge on any atom is 0.0964 e. The van der Waals surface area contributed by atoms with Crippen LogP contribution in [0.3, 0.4) is 0 Å². The van der Waals surface area contributed by atoms with E-state index in [0.29, 0.717) is 0 Å². The van der Waals surface area contributed by atoms with Crippen molar-refractivity contribution in [3.63, 3.8) is 0 Å². The van der Waals surface area contributed by atoms with Gasteiger partial charge in [0.25, 0.3) is 0 Å². The molecule has 0 spiro atoms. The molecule has 72 valence electrons. The molecule has 0 aliphatic carbocycles. The summed E-state index contributed by atoms with van der Waals surface area (Å²) >= 11 is 0. The Kier molecular flexibility index (Phi) is 16.0. The molecule has 0 saturated carbocycles. The van der Waals surface area contributed by atoms with E-state index < -0.39 is 0 Å². The molecular weight excluding hydrogens is 194 g/mol. The summed E-state index contributed by atoms with van der Waals surface area (Å²) in [5.41, 5.74) is 0. The molecule has 1 aliphatic heterocycles. The number of nitrogens with zero attached hydrogens (tertiary/aromatic N) is 1. The van der Waals surface area contributed by atoms with Crippen molar-refractivity contribution >= 4 is 65.0 Å². The first-order valence-corrected chi connectivity index (χ1v) is 5.20. The first-order valence-electron chi connectivity index (χ1n) is 5.20. The molecule has 1 aliphatic rings. The van der Waals surface area contributed by atoms with E-state index in [1.54, 1.807) is 0 Å². The Morgan fingerprint density at radius 1 is 1.14 bits per heavy atom. The fraction of sp³-hybridized carbons (Fsp3) is 0.900. The largest absolute Gasteiger partial charge is 0.372 e. The van der Waals surface area contributed by atoms with Crippen molar-refractivity contribution in [2.75, 3.05) is 13.1 Å². The monoisotopic (exact) mass is 214 g/mol. The fourth-order valence-electron chi connectivity index (χ4n) is 1.51. The van der Waals surface area contributed by atoms with E-state index in [1.165, 1.54) is 44.4 Å². The van der Waals surface area contributed by atoms with Crippen LogP contribution in [0.1, 0.15) is 45.4 Å². The molecule has 0 fully saturated rings. The second-order valence-corrected chi connectivity index (χ2v) is 3.42. The van der Waals surface area contributed by atoms with Gasteiger partial charge >= 0.3 is 0 Å². The van der Waals surface area contributed by atoms with Gasteiger partial charge in [-0.15, -0.1) is 0 Å². The van der Waals surface area contributed by atoms with Crippen molar-refractivity contribution < 1.29 is 0 Å². The number of unbranched alkanes of at least 4 members (excludes halogenated alkanes) is 4. The average Bonchev–Trinajstić information content (AvgIpc) is 2.57. The fourth-order valence-corrected chi connectivity index (χ4v) is 1.51. The first-order chi connectivity index (χ1) is 5.93. The van der Waals surface area contributed by atoms with Crippen molar-refractivity contribution in [3.05, 3.63) is 0 Å². The summed E-state index contributed by atoms with van der Waals surface area (Å²) in [5, 5.41) is 3.30. The molecule has 1 rings (SSSR count). The quantitative estimate of drug-likeness (QED) is 0.527. The normalized spacial score (nSPS) is 13.6. The van der Waals surface area contributed by atoms with Crippen molar-refractivity contribution in [3.8, 4) is 0 Å². The molecular formula is C10H20N2Na2. The van der Waals surface area contributed by atoms with E-state index in [1.807, 2.05) is 0 Å². The Balaban J connectivity index is 0. The van der Waals surface area contributed by atoms with Crippen molar-refractivity contribution in [2.45, 2.75) is 45.4 Å². The van der Waals surface area contributed by atoms with Gasteiger partial charge in [-0.2, -0.15) is 0 Å². The molecule has 0 saturated heterocycles. The Hall–Kier alpha value is 1.47. The first kappa shape index (κ1) is 17.9. The van der Waals surface area contributed by atoms with Crippen LogP contribution in [0.25, 0.3) is 0 Å². The minimum Gasteiger partial charge on any atom is -0.372 e. The minimum atomic E-state index is 0. The number of nitrogens with one attached hydrogen (secondary N) is 1. The van der Waals surface area contributed by atoms with Gasteiger partial charge in [-0.25, -0.2) is 0 Å². The average molecular weight is 214 g/mol. The van der Waals surface area contributed by atoms with Gasteiger partial charge < -0.3 is 5.32 Å². The molecule has 4 heteroatoms. The molecule has 14 heavy (non-hydrogen) atoms. The second-order valence-electron chi connectivity index (χ2n) is 3.42. The smallest absolute Gasteiger partial charge is 0.0964 e. The minimum absolute atomic E-state index is 0. The third-order valence-corrected chi connectivity index (χ3v) is 2.26. The molecule has 0 atom stereocenters. The summed E-state index contributed by atoms with van der Waals surface area (Å²) in [5.74, 6) is 1.24. The standard InChI is InChI=1S/C10H20N2.2Na/c1-2-3-4-5-6-7-10-11-8-9-12-10;;/h2-9H2,1H3,(H,11,12);;. The summed E-state index contributed by atoms with van der Waals surface area (Å²) < 4.78 is 0. The van der Waals surface area contributed by atoms with Gasteiger partial charge in [0.1, 0.15) is 0 Å². The summed E-state index contributed by atoms with van der Waals surface area (Å²) in [7, 11) is 0. The molecule has 0 unspecified atom stereocenters. The van der Waals surface area contributed by atoms with E-state index in [2.05, 4.69) is 17.2 Å². The summed E-state index contributed by atoms with van der Waals surface area (Å²) in [6.45, 7) is 4.30.